The minimum Gasteiger partial charge on any atom is -0.339 e. The summed E-state index contributed by atoms with van der Waals surface area (Å²) in [5.74, 6) is -2.77. The molecule has 0 amide bonds. The Morgan fingerprint density at radius 1 is 1.22 bits per heavy atom. The molecule has 0 aromatic rings. The first-order valence-electron chi connectivity index (χ1n) is 2.05. The number of aliphatic hydroxyl groups is 3. The summed E-state index contributed by atoms with van der Waals surface area (Å²) < 4.78 is 0.324. The van der Waals surface area contributed by atoms with Crippen LogP contribution in [0.3, 0.4) is 0 Å². The highest BCUT2D eigenvalue weighted by molar-refractivity contribution is 9.14. The van der Waals surface area contributed by atoms with E-state index in [1.807, 2.05) is 0 Å². The lowest BCUT2D eigenvalue weighted by Crippen LogP contribution is -2.27. The van der Waals surface area contributed by atoms with E-state index >= 15 is 0 Å². The first-order chi connectivity index (χ1) is 3.85. The second-order valence-corrected chi connectivity index (χ2v) is 3.47. The molecule has 0 aliphatic carbocycles. The molecule has 0 unspecified atom stereocenters. The number of rotatable bonds is 1. The predicted molar refractivity (Wildman–Crippen MR) is 39.9 cm³/mol. The van der Waals surface area contributed by atoms with Crippen molar-refractivity contribution in [3.63, 3.8) is 0 Å². The molecule has 0 fully saturated rings. The van der Waals surface area contributed by atoms with Crippen LogP contribution in [0.2, 0.25) is 0 Å². The van der Waals surface area contributed by atoms with Gasteiger partial charge in [0.25, 0.3) is 0 Å². The van der Waals surface area contributed by atoms with Gasteiger partial charge in [0.15, 0.2) is 0 Å². The van der Waals surface area contributed by atoms with Gasteiger partial charge in [0.05, 0.1) is 4.48 Å². The van der Waals surface area contributed by atoms with Crippen LogP contribution in [0.4, 0.5) is 0 Å². The molecule has 0 aliphatic rings. The molecular formula is C4H6Br2O3. The number of allylic oxidation sites excluding steroid dienone is 1. The Morgan fingerprint density at radius 3 is 1.56 bits per heavy atom. The summed E-state index contributed by atoms with van der Waals surface area (Å²) in [6, 6.07) is 0. The predicted octanol–water partition coefficient (Wildman–Crippen LogP) is 0.638. The van der Waals surface area contributed by atoms with Crippen molar-refractivity contribution in [2.45, 2.75) is 12.9 Å². The van der Waals surface area contributed by atoms with Crippen molar-refractivity contribution < 1.29 is 15.3 Å². The van der Waals surface area contributed by atoms with Gasteiger partial charge in [0, 0.05) is 4.48 Å². The van der Waals surface area contributed by atoms with Gasteiger partial charge in [-0.05, 0) is 22.9 Å². The van der Waals surface area contributed by atoms with Crippen molar-refractivity contribution in [1.82, 2.24) is 0 Å². The Balaban J connectivity index is 4.40. The summed E-state index contributed by atoms with van der Waals surface area (Å²) in [6.07, 6.45) is 0. The average molecular weight is 262 g/mol. The van der Waals surface area contributed by atoms with Gasteiger partial charge < -0.3 is 15.3 Å². The fraction of sp³-hybridized carbons (Fsp3) is 0.500. The molecule has 0 radical (unpaired) electrons. The summed E-state index contributed by atoms with van der Waals surface area (Å²) in [6.45, 7) is 1.56. The van der Waals surface area contributed by atoms with E-state index in [4.69, 9.17) is 15.3 Å². The third-order valence-corrected chi connectivity index (χ3v) is 2.65. The molecule has 54 valence electrons. The first kappa shape index (κ1) is 9.58. The molecule has 0 heterocycles. The zero-order chi connectivity index (χ0) is 7.65. The Hall–Kier alpha value is 0.580. The van der Waals surface area contributed by atoms with Crippen LogP contribution >= 0.6 is 31.9 Å². The van der Waals surface area contributed by atoms with Gasteiger partial charge in [0.2, 0.25) is 0 Å². The van der Waals surface area contributed by atoms with E-state index < -0.39 is 5.97 Å². The largest absolute Gasteiger partial charge is 0.339 e. The standard InChI is InChI=1S/C4H6Br2O3/c1-2(5)3(6)4(7,8)9/h7-9H,1H3/b3-2+. The molecule has 0 bridgehead atoms. The third kappa shape index (κ3) is 3.32. The smallest absolute Gasteiger partial charge is 0.311 e. The van der Waals surface area contributed by atoms with Crippen LogP contribution in [0.1, 0.15) is 6.92 Å². The monoisotopic (exact) mass is 260 g/mol. The van der Waals surface area contributed by atoms with Gasteiger partial charge in [-0.2, -0.15) is 0 Å². The number of hydrogen-bond acceptors (Lipinski definition) is 3. The molecule has 0 aromatic carbocycles. The molecular weight excluding hydrogens is 256 g/mol. The van der Waals surface area contributed by atoms with E-state index in [9.17, 15) is 0 Å². The van der Waals surface area contributed by atoms with Crippen molar-refractivity contribution in [3.05, 3.63) is 8.96 Å². The van der Waals surface area contributed by atoms with E-state index in [2.05, 4.69) is 31.9 Å². The third-order valence-electron chi connectivity index (χ3n) is 0.597. The second kappa shape index (κ2) is 3.12. The van der Waals surface area contributed by atoms with Crippen LogP contribution in [0.15, 0.2) is 8.96 Å². The SMILES string of the molecule is C/C(Br)=C(\Br)C(O)(O)O. The van der Waals surface area contributed by atoms with E-state index in [0.717, 1.165) is 0 Å². The molecule has 0 aliphatic heterocycles. The molecule has 0 rings (SSSR count). The van der Waals surface area contributed by atoms with Crippen molar-refractivity contribution >= 4 is 31.9 Å². The van der Waals surface area contributed by atoms with E-state index in [0.29, 0.717) is 4.48 Å². The summed E-state index contributed by atoms with van der Waals surface area (Å²) in [7, 11) is 0. The highest BCUT2D eigenvalue weighted by atomic mass is 79.9. The molecule has 3 nitrogen and oxygen atoms in total. The zero-order valence-electron chi connectivity index (χ0n) is 4.60. The maximum absolute atomic E-state index is 8.43. The molecule has 0 spiro atoms. The van der Waals surface area contributed by atoms with Gasteiger partial charge >= 0.3 is 5.97 Å². The topological polar surface area (TPSA) is 60.7 Å². The normalized spacial score (nSPS) is 15.3. The van der Waals surface area contributed by atoms with Crippen molar-refractivity contribution in [1.29, 1.82) is 0 Å². The minimum absolute atomic E-state index is 0.102. The summed E-state index contributed by atoms with van der Waals surface area (Å²) in [5.41, 5.74) is 0. The maximum atomic E-state index is 8.43. The molecule has 9 heavy (non-hydrogen) atoms. The lowest BCUT2D eigenvalue weighted by atomic mass is 10.5. The minimum atomic E-state index is -2.77. The maximum Gasteiger partial charge on any atom is 0.311 e. The summed E-state index contributed by atoms with van der Waals surface area (Å²) in [4.78, 5) is 0. The average Bonchev–Trinajstić information content (AvgIpc) is 1.62. The lowest BCUT2D eigenvalue weighted by molar-refractivity contribution is -0.275. The van der Waals surface area contributed by atoms with E-state index in [1.54, 1.807) is 6.92 Å². The van der Waals surface area contributed by atoms with Gasteiger partial charge in [-0.3, -0.25) is 0 Å². The molecule has 0 saturated heterocycles. The van der Waals surface area contributed by atoms with Crippen molar-refractivity contribution in [2.75, 3.05) is 0 Å². The first-order valence-corrected chi connectivity index (χ1v) is 3.63. The highest BCUT2D eigenvalue weighted by Crippen LogP contribution is 2.24. The number of hydrogen-bond donors (Lipinski definition) is 3. The molecule has 0 saturated carbocycles. The summed E-state index contributed by atoms with van der Waals surface area (Å²) >= 11 is 5.67. The van der Waals surface area contributed by atoms with Gasteiger partial charge in [-0.15, -0.1) is 0 Å². The van der Waals surface area contributed by atoms with Crippen molar-refractivity contribution in [2.24, 2.45) is 0 Å². The van der Waals surface area contributed by atoms with E-state index in [-0.39, 0.29) is 4.48 Å². The Morgan fingerprint density at radius 2 is 1.56 bits per heavy atom. The fourth-order valence-corrected chi connectivity index (χ4v) is 0.497. The van der Waals surface area contributed by atoms with Gasteiger partial charge in [-0.1, -0.05) is 15.9 Å². The Kier molecular flexibility index (Phi) is 3.32. The van der Waals surface area contributed by atoms with Gasteiger partial charge in [-0.25, -0.2) is 0 Å². The molecule has 0 aromatic heterocycles. The number of halogens is 2. The Labute approximate surface area is 69.3 Å². The van der Waals surface area contributed by atoms with Gasteiger partial charge in [0.1, 0.15) is 0 Å². The Bertz CT molecular complexity index is 131. The second-order valence-electron chi connectivity index (χ2n) is 1.48. The zero-order valence-corrected chi connectivity index (χ0v) is 7.77. The molecule has 3 N–H and O–H groups in total. The van der Waals surface area contributed by atoms with Crippen LogP contribution in [0.5, 0.6) is 0 Å². The summed E-state index contributed by atoms with van der Waals surface area (Å²) in [5, 5.41) is 25.3. The van der Waals surface area contributed by atoms with Crippen LogP contribution < -0.4 is 0 Å². The van der Waals surface area contributed by atoms with E-state index in [1.165, 1.54) is 0 Å². The molecule has 5 heteroatoms. The quantitative estimate of drug-likeness (QED) is 0.607. The molecule has 0 atom stereocenters. The lowest BCUT2D eigenvalue weighted by Gasteiger charge is -2.13. The van der Waals surface area contributed by atoms with Crippen LogP contribution in [0, 0.1) is 0 Å². The van der Waals surface area contributed by atoms with Crippen LogP contribution in [-0.2, 0) is 0 Å². The fourth-order valence-electron chi connectivity index (χ4n) is 0.231. The highest BCUT2D eigenvalue weighted by Gasteiger charge is 2.24. The van der Waals surface area contributed by atoms with Crippen LogP contribution in [-0.4, -0.2) is 21.3 Å². The van der Waals surface area contributed by atoms with Crippen LogP contribution in [0.25, 0.3) is 0 Å². The van der Waals surface area contributed by atoms with Crippen molar-refractivity contribution in [3.8, 4) is 0 Å².